The van der Waals surface area contributed by atoms with Crippen molar-refractivity contribution in [3.8, 4) is 0 Å². The van der Waals surface area contributed by atoms with Gasteiger partial charge in [-0.3, -0.25) is 4.79 Å². The highest BCUT2D eigenvalue weighted by Crippen LogP contribution is 2.40. The number of carboxylic acid groups (broad SMARTS) is 1. The second kappa shape index (κ2) is 4.37. The zero-order chi connectivity index (χ0) is 12.5. The SMILES string of the molecule is C=CCOC(=O)N1CC2(CNCC2C(=O)O)C1. The van der Waals surface area contributed by atoms with E-state index in [1.165, 1.54) is 11.0 Å². The van der Waals surface area contributed by atoms with Gasteiger partial charge in [0.05, 0.1) is 5.92 Å². The molecule has 94 valence electrons. The third-order valence-electron chi connectivity index (χ3n) is 3.46. The average Bonchev–Trinajstić information content (AvgIpc) is 2.68. The van der Waals surface area contributed by atoms with E-state index in [0.29, 0.717) is 26.2 Å². The van der Waals surface area contributed by atoms with Gasteiger partial charge in [-0.25, -0.2) is 4.79 Å². The summed E-state index contributed by atoms with van der Waals surface area (Å²) in [6.07, 6.45) is 1.11. The van der Waals surface area contributed by atoms with Crippen LogP contribution in [-0.2, 0) is 9.53 Å². The third kappa shape index (κ3) is 2.00. The number of likely N-dealkylation sites (tertiary alicyclic amines) is 1. The number of hydrogen-bond acceptors (Lipinski definition) is 4. The number of carboxylic acids is 1. The smallest absolute Gasteiger partial charge is 0.410 e. The fraction of sp³-hybridized carbons (Fsp3) is 0.636. The van der Waals surface area contributed by atoms with Gasteiger partial charge in [0.2, 0.25) is 0 Å². The lowest BCUT2D eigenvalue weighted by Gasteiger charge is -2.48. The van der Waals surface area contributed by atoms with Crippen molar-refractivity contribution in [1.82, 2.24) is 10.2 Å². The fourth-order valence-corrected chi connectivity index (χ4v) is 2.55. The number of carbonyl (C=O) groups excluding carboxylic acids is 1. The van der Waals surface area contributed by atoms with Crippen molar-refractivity contribution >= 4 is 12.1 Å². The minimum absolute atomic E-state index is 0.183. The third-order valence-corrected chi connectivity index (χ3v) is 3.46. The Labute approximate surface area is 99.2 Å². The first-order valence-corrected chi connectivity index (χ1v) is 5.55. The number of ether oxygens (including phenoxy) is 1. The molecule has 0 bridgehead atoms. The lowest BCUT2D eigenvalue weighted by atomic mass is 9.72. The summed E-state index contributed by atoms with van der Waals surface area (Å²) in [4.78, 5) is 24.1. The van der Waals surface area contributed by atoms with E-state index in [9.17, 15) is 9.59 Å². The summed E-state index contributed by atoms with van der Waals surface area (Å²) in [5, 5.41) is 12.2. The maximum atomic E-state index is 11.5. The van der Waals surface area contributed by atoms with Gasteiger partial charge in [-0.05, 0) is 0 Å². The minimum Gasteiger partial charge on any atom is -0.481 e. The molecule has 0 aromatic carbocycles. The first kappa shape index (κ1) is 11.9. The van der Waals surface area contributed by atoms with Gasteiger partial charge >= 0.3 is 12.1 Å². The van der Waals surface area contributed by atoms with E-state index in [1.807, 2.05) is 0 Å². The molecular weight excluding hydrogens is 224 g/mol. The molecule has 17 heavy (non-hydrogen) atoms. The van der Waals surface area contributed by atoms with E-state index >= 15 is 0 Å². The Morgan fingerprint density at radius 3 is 2.88 bits per heavy atom. The van der Waals surface area contributed by atoms with Gasteiger partial charge in [0.15, 0.2) is 0 Å². The van der Waals surface area contributed by atoms with E-state index in [4.69, 9.17) is 9.84 Å². The highest BCUT2D eigenvalue weighted by molar-refractivity contribution is 5.74. The van der Waals surface area contributed by atoms with Crippen molar-refractivity contribution in [2.75, 3.05) is 32.8 Å². The molecule has 2 aliphatic heterocycles. The Morgan fingerprint density at radius 2 is 2.29 bits per heavy atom. The molecule has 0 aromatic heterocycles. The largest absolute Gasteiger partial charge is 0.481 e. The van der Waals surface area contributed by atoms with Gasteiger partial charge in [-0.1, -0.05) is 12.7 Å². The van der Waals surface area contributed by atoms with Gasteiger partial charge in [0, 0.05) is 31.6 Å². The lowest BCUT2D eigenvalue weighted by molar-refractivity contribution is -0.148. The number of rotatable bonds is 3. The predicted octanol–water partition coefficient (Wildman–Crippen LogP) is -0.0850. The zero-order valence-electron chi connectivity index (χ0n) is 9.52. The van der Waals surface area contributed by atoms with Crippen LogP contribution >= 0.6 is 0 Å². The molecule has 2 heterocycles. The molecule has 2 aliphatic rings. The molecule has 2 rings (SSSR count). The van der Waals surface area contributed by atoms with Gasteiger partial charge in [0.25, 0.3) is 0 Å². The topological polar surface area (TPSA) is 78.9 Å². The second-order valence-corrected chi connectivity index (χ2v) is 4.61. The molecule has 0 aliphatic carbocycles. The van der Waals surface area contributed by atoms with Crippen LogP contribution in [0.2, 0.25) is 0 Å². The number of amides is 1. The van der Waals surface area contributed by atoms with Gasteiger partial charge in [0.1, 0.15) is 6.61 Å². The first-order chi connectivity index (χ1) is 8.09. The molecule has 1 amide bonds. The Hall–Kier alpha value is -1.56. The Kier molecular flexibility index (Phi) is 3.06. The quantitative estimate of drug-likeness (QED) is 0.674. The van der Waals surface area contributed by atoms with Crippen LogP contribution in [0.4, 0.5) is 4.79 Å². The molecule has 1 unspecified atom stereocenters. The summed E-state index contributed by atoms with van der Waals surface area (Å²) in [5.41, 5.74) is -0.307. The normalized spacial score (nSPS) is 25.4. The number of nitrogens with one attached hydrogen (secondary N) is 1. The van der Waals surface area contributed by atoms with Crippen molar-refractivity contribution < 1.29 is 19.4 Å². The standard InChI is InChI=1S/C11H16N2O4/c1-2-3-17-10(16)13-6-11(7-13)5-12-4-8(11)9(14)15/h2,8,12H,1,3-7H2,(H,14,15). The zero-order valence-corrected chi connectivity index (χ0v) is 9.52. The van der Waals surface area contributed by atoms with Crippen LogP contribution in [0.25, 0.3) is 0 Å². The van der Waals surface area contributed by atoms with Crippen LogP contribution in [0.5, 0.6) is 0 Å². The highest BCUT2D eigenvalue weighted by Gasteiger charge is 2.56. The summed E-state index contributed by atoms with van der Waals surface area (Å²) in [6, 6.07) is 0. The van der Waals surface area contributed by atoms with E-state index in [1.54, 1.807) is 0 Å². The van der Waals surface area contributed by atoms with Crippen molar-refractivity contribution in [2.45, 2.75) is 0 Å². The first-order valence-electron chi connectivity index (χ1n) is 5.55. The summed E-state index contributed by atoms with van der Waals surface area (Å²) >= 11 is 0. The molecule has 6 nitrogen and oxygen atoms in total. The number of carbonyl (C=O) groups is 2. The summed E-state index contributed by atoms with van der Waals surface area (Å²) in [6.45, 7) is 5.67. The molecule has 0 aromatic rings. The predicted molar refractivity (Wildman–Crippen MR) is 59.5 cm³/mol. The van der Waals surface area contributed by atoms with E-state index in [0.717, 1.165) is 0 Å². The molecule has 0 radical (unpaired) electrons. The molecule has 2 fully saturated rings. The lowest BCUT2D eigenvalue weighted by Crippen LogP contribution is -2.63. The molecule has 2 saturated heterocycles. The average molecular weight is 240 g/mol. The van der Waals surface area contributed by atoms with Crippen molar-refractivity contribution in [3.05, 3.63) is 12.7 Å². The Morgan fingerprint density at radius 1 is 1.59 bits per heavy atom. The molecule has 6 heteroatoms. The van der Waals surface area contributed by atoms with Crippen LogP contribution < -0.4 is 5.32 Å². The van der Waals surface area contributed by atoms with Crippen molar-refractivity contribution in [2.24, 2.45) is 11.3 Å². The number of nitrogens with zero attached hydrogens (tertiary/aromatic N) is 1. The van der Waals surface area contributed by atoms with Crippen LogP contribution in [0.3, 0.4) is 0 Å². The van der Waals surface area contributed by atoms with Gasteiger partial charge < -0.3 is 20.1 Å². The maximum Gasteiger partial charge on any atom is 0.410 e. The second-order valence-electron chi connectivity index (χ2n) is 4.61. The Bertz CT molecular complexity index is 349. The van der Waals surface area contributed by atoms with Crippen LogP contribution in [0, 0.1) is 11.3 Å². The number of aliphatic carboxylic acids is 1. The molecule has 1 spiro atoms. The van der Waals surface area contributed by atoms with E-state index in [2.05, 4.69) is 11.9 Å². The van der Waals surface area contributed by atoms with Crippen LogP contribution in [0.1, 0.15) is 0 Å². The molecule has 2 N–H and O–H groups in total. The van der Waals surface area contributed by atoms with Crippen molar-refractivity contribution in [3.63, 3.8) is 0 Å². The highest BCUT2D eigenvalue weighted by atomic mass is 16.6. The van der Waals surface area contributed by atoms with E-state index in [-0.39, 0.29) is 12.0 Å². The monoisotopic (exact) mass is 240 g/mol. The Balaban J connectivity index is 1.90. The van der Waals surface area contributed by atoms with Gasteiger partial charge in [-0.15, -0.1) is 0 Å². The molecule has 1 atom stereocenters. The van der Waals surface area contributed by atoms with Crippen molar-refractivity contribution in [1.29, 1.82) is 0 Å². The fourth-order valence-electron chi connectivity index (χ4n) is 2.55. The molecular formula is C11H16N2O4. The van der Waals surface area contributed by atoms with E-state index < -0.39 is 18.0 Å². The van der Waals surface area contributed by atoms with Crippen LogP contribution in [-0.4, -0.2) is 54.9 Å². The summed E-state index contributed by atoms with van der Waals surface area (Å²) in [5.74, 6) is -1.21. The van der Waals surface area contributed by atoms with Crippen LogP contribution in [0.15, 0.2) is 12.7 Å². The summed E-state index contributed by atoms with van der Waals surface area (Å²) < 4.78 is 4.89. The van der Waals surface area contributed by atoms with Gasteiger partial charge in [-0.2, -0.15) is 0 Å². The minimum atomic E-state index is -0.797. The summed E-state index contributed by atoms with van der Waals surface area (Å²) in [7, 11) is 0. The number of hydrogen-bond donors (Lipinski definition) is 2. The maximum absolute atomic E-state index is 11.5. The molecule has 0 saturated carbocycles.